The summed E-state index contributed by atoms with van der Waals surface area (Å²) >= 11 is 0. The van der Waals surface area contributed by atoms with Crippen LogP contribution in [0.2, 0.25) is 0 Å². The Hall–Kier alpha value is -1.32. The van der Waals surface area contributed by atoms with Crippen molar-refractivity contribution in [2.24, 2.45) is 0 Å². The molecule has 0 saturated heterocycles. The summed E-state index contributed by atoms with van der Waals surface area (Å²) in [5, 5.41) is 9.68. The largest absolute Gasteiger partial charge is 0.425 e. The summed E-state index contributed by atoms with van der Waals surface area (Å²) < 4.78 is 21.6. The Morgan fingerprint density at radius 3 is 2.75 bits per heavy atom. The van der Waals surface area contributed by atoms with Crippen LogP contribution in [0.15, 0.2) is 10.8 Å². The highest BCUT2D eigenvalue weighted by Gasteiger charge is 2.21. The van der Waals surface area contributed by atoms with Crippen LogP contribution in [0.3, 0.4) is 0 Å². The van der Waals surface area contributed by atoms with E-state index in [0.717, 1.165) is 32.1 Å². The third kappa shape index (κ3) is 1.84. The number of pyridine rings is 1. The molecule has 4 heteroatoms. The Morgan fingerprint density at radius 2 is 2.12 bits per heavy atom. The van der Waals surface area contributed by atoms with Crippen molar-refractivity contribution in [3.63, 3.8) is 0 Å². The van der Waals surface area contributed by atoms with Crippen LogP contribution >= 0.6 is 0 Å². The molecule has 16 heavy (non-hydrogen) atoms. The molecule has 2 rings (SSSR count). The minimum absolute atomic E-state index is 0.00625. The van der Waals surface area contributed by atoms with Crippen molar-refractivity contribution in [1.29, 1.82) is 0 Å². The monoisotopic (exact) mass is 226 g/mol. The maximum atomic E-state index is 13.4. The first kappa shape index (κ1) is 9.87. The molecular weight excluding hydrogens is 209 g/mol. The number of nitrogens with zero attached hydrogens (tertiary/aromatic N) is 1. The van der Waals surface area contributed by atoms with E-state index in [9.17, 15) is 14.4 Å². The maximum absolute atomic E-state index is 13.4. The molecule has 1 saturated carbocycles. The Bertz CT molecular complexity index is 492. The van der Waals surface area contributed by atoms with E-state index in [1.165, 1.54) is 6.92 Å². The van der Waals surface area contributed by atoms with Gasteiger partial charge < -0.3 is 5.21 Å². The van der Waals surface area contributed by atoms with E-state index >= 15 is 0 Å². The van der Waals surface area contributed by atoms with Crippen LogP contribution in [-0.2, 0) is 0 Å². The van der Waals surface area contributed by atoms with Gasteiger partial charge in [0, 0.05) is 5.92 Å². The first-order valence-corrected chi connectivity index (χ1v) is 5.65. The lowest BCUT2D eigenvalue weighted by atomic mass is 9.86. The van der Waals surface area contributed by atoms with E-state index in [2.05, 4.69) is 0 Å². The van der Waals surface area contributed by atoms with Gasteiger partial charge in [-0.15, -0.1) is 4.73 Å². The zero-order chi connectivity index (χ0) is 12.6. The van der Waals surface area contributed by atoms with Gasteiger partial charge in [0.1, 0.15) is 0 Å². The second kappa shape index (κ2) is 4.28. The highest BCUT2D eigenvalue weighted by molar-refractivity contribution is 5.20. The molecule has 0 aromatic carbocycles. The third-order valence-electron chi connectivity index (χ3n) is 3.25. The molecule has 1 heterocycles. The molecule has 0 bridgehead atoms. The van der Waals surface area contributed by atoms with Crippen molar-refractivity contribution in [3.8, 4) is 0 Å². The van der Waals surface area contributed by atoms with E-state index < -0.39 is 11.4 Å². The molecule has 0 aliphatic heterocycles. The fraction of sp³-hybridized carbons (Fsp3) is 0.583. The standard InChI is InChI=1S/C12H16FNO2/c1-8-7-10(9-5-3-2-4-6-9)14(16)12(15)11(8)13/h7,9,16H,2-6H2,1H3/i7D. The molecule has 1 aromatic heterocycles. The summed E-state index contributed by atoms with van der Waals surface area (Å²) in [4.78, 5) is 11.5. The van der Waals surface area contributed by atoms with E-state index in [0.29, 0.717) is 4.73 Å². The Balaban J connectivity index is 2.56. The predicted molar refractivity (Wildman–Crippen MR) is 58.4 cm³/mol. The van der Waals surface area contributed by atoms with Crippen LogP contribution in [0.25, 0.3) is 0 Å². The van der Waals surface area contributed by atoms with Crippen molar-refractivity contribution < 1.29 is 11.0 Å². The van der Waals surface area contributed by atoms with E-state index in [4.69, 9.17) is 1.37 Å². The lowest BCUT2D eigenvalue weighted by Crippen LogP contribution is -2.27. The summed E-state index contributed by atoms with van der Waals surface area (Å²) in [6.45, 7) is 1.41. The molecule has 0 radical (unpaired) electrons. The highest BCUT2D eigenvalue weighted by Crippen LogP contribution is 2.32. The summed E-state index contributed by atoms with van der Waals surface area (Å²) in [6, 6.07) is -0.0449. The molecule has 1 aliphatic carbocycles. The fourth-order valence-corrected chi connectivity index (χ4v) is 2.31. The van der Waals surface area contributed by atoms with Gasteiger partial charge in [0.15, 0.2) is 5.82 Å². The molecule has 1 N–H and O–H groups in total. The molecule has 0 atom stereocenters. The van der Waals surface area contributed by atoms with Crippen LogP contribution in [0.4, 0.5) is 4.39 Å². The van der Waals surface area contributed by atoms with E-state index in [1.807, 2.05) is 0 Å². The zero-order valence-electron chi connectivity index (χ0n) is 10.3. The van der Waals surface area contributed by atoms with Crippen LogP contribution < -0.4 is 5.56 Å². The summed E-state index contributed by atoms with van der Waals surface area (Å²) in [5.41, 5.74) is -0.742. The van der Waals surface area contributed by atoms with Gasteiger partial charge >= 0.3 is 5.56 Å². The average molecular weight is 226 g/mol. The molecule has 88 valence electrons. The number of rotatable bonds is 1. The second-order valence-electron chi connectivity index (χ2n) is 4.40. The minimum Gasteiger partial charge on any atom is -0.425 e. The SMILES string of the molecule is [2H]c1c(C)c(F)c(=O)n(O)c1C1CCCCC1. The van der Waals surface area contributed by atoms with Crippen molar-refractivity contribution in [2.75, 3.05) is 0 Å². The minimum atomic E-state index is -1.04. The molecule has 0 amide bonds. The smallest absolute Gasteiger partial charge is 0.319 e. The predicted octanol–water partition coefficient (Wildman–Crippen LogP) is 2.58. The van der Waals surface area contributed by atoms with Crippen molar-refractivity contribution in [2.45, 2.75) is 44.9 Å². The van der Waals surface area contributed by atoms with Gasteiger partial charge in [0.2, 0.25) is 0 Å². The van der Waals surface area contributed by atoms with Crippen LogP contribution in [0.5, 0.6) is 0 Å². The fourth-order valence-electron chi connectivity index (χ4n) is 2.31. The van der Waals surface area contributed by atoms with Crippen molar-refractivity contribution in [1.82, 2.24) is 4.73 Å². The Kier molecular flexibility index (Phi) is 2.64. The molecule has 1 fully saturated rings. The van der Waals surface area contributed by atoms with Gasteiger partial charge in [-0.25, -0.2) is 4.39 Å². The number of hydrogen-bond donors (Lipinski definition) is 1. The number of aromatic nitrogens is 1. The molecule has 1 aliphatic rings. The van der Waals surface area contributed by atoms with Crippen LogP contribution in [0, 0.1) is 12.7 Å². The zero-order valence-corrected chi connectivity index (χ0v) is 9.29. The van der Waals surface area contributed by atoms with Gasteiger partial charge in [-0.05, 0) is 31.4 Å². The lowest BCUT2D eigenvalue weighted by Gasteiger charge is -2.23. The molecular formula is C12H16FNO2. The normalized spacial score (nSPS) is 18.5. The highest BCUT2D eigenvalue weighted by atomic mass is 19.1. The van der Waals surface area contributed by atoms with Gasteiger partial charge in [0.25, 0.3) is 0 Å². The first-order chi connectivity index (χ1) is 8.04. The summed E-state index contributed by atoms with van der Waals surface area (Å²) in [5.74, 6) is -1.04. The second-order valence-corrected chi connectivity index (χ2v) is 4.40. The maximum Gasteiger partial charge on any atom is 0.319 e. The van der Waals surface area contributed by atoms with Crippen LogP contribution in [0.1, 0.15) is 50.7 Å². The quantitative estimate of drug-likeness (QED) is 0.748. The van der Waals surface area contributed by atoms with Gasteiger partial charge in [-0.2, -0.15) is 0 Å². The van der Waals surface area contributed by atoms with Crippen molar-refractivity contribution >= 4 is 0 Å². The topological polar surface area (TPSA) is 42.2 Å². The first-order valence-electron chi connectivity index (χ1n) is 6.15. The average Bonchev–Trinajstić information content (AvgIpc) is 2.36. The summed E-state index contributed by atoms with van der Waals surface area (Å²) in [6.07, 6.45) is 4.87. The molecule has 1 aromatic rings. The molecule has 0 spiro atoms. The van der Waals surface area contributed by atoms with E-state index in [1.54, 1.807) is 0 Å². The molecule has 0 unspecified atom stereocenters. The Morgan fingerprint density at radius 1 is 1.50 bits per heavy atom. The van der Waals surface area contributed by atoms with Gasteiger partial charge in [-0.3, -0.25) is 4.79 Å². The van der Waals surface area contributed by atoms with Crippen LogP contribution in [-0.4, -0.2) is 9.94 Å². The number of halogens is 1. The number of hydrogen-bond acceptors (Lipinski definition) is 2. The lowest BCUT2D eigenvalue weighted by molar-refractivity contribution is 0.152. The van der Waals surface area contributed by atoms with Gasteiger partial charge in [-0.1, -0.05) is 19.3 Å². The summed E-state index contributed by atoms with van der Waals surface area (Å²) in [7, 11) is 0. The van der Waals surface area contributed by atoms with E-state index in [-0.39, 0.29) is 23.2 Å². The third-order valence-corrected chi connectivity index (χ3v) is 3.25. The van der Waals surface area contributed by atoms with Crippen molar-refractivity contribution in [3.05, 3.63) is 33.5 Å². The molecule has 3 nitrogen and oxygen atoms in total. The van der Waals surface area contributed by atoms with Gasteiger partial charge in [0.05, 0.1) is 7.06 Å². The Labute approximate surface area is 94.9 Å².